The summed E-state index contributed by atoms with van der Waals surface area (Å²) in [5.41, 5.74) is 2.60. The van der Waals surface area contributed by atoms with Crippen LogP contribution in [0.5, 0.6) is 0 Å². The average molecular weight is 304 g/mol. The highest BCUT2D eigenvalue weighted by Gasteiger charge is 2.16. The molecular formula is C15H20N4O3. The van der Waals surface area contributed by atoms with Gasteiger partial charge in [0.25, 0.3) is 5.91 Å². The summed E-state index contributed by atoms with van der Waals surface area (Å²) in [5.74, 6) is 0.252. The number of carbonyl (C=O) groups excluding carboxylic acids is 1. The lowest BCUT2D eigenvalue weighted by Gasteiger charge is -2.09. The first-order valence-corrected chi connectivity index (χ1v) is 7.45. The van der Waals surface area contributed by atoms with E-state index in [0.29, 0.717) is 18.1 Å². The van der Waals surface area contributed by atoms with Gasteiger partial charge < -0.3 is 14.8 Å². The number of anilines is 1. The number of nitrogens with one attached hydrogen (secondary N) is 1. The lowest BCUT2D eigenvalue weighted by molar-refractivity contribution is -0.121. The summed E-state index contributed by atoms with van der Waals surface area (Å²) in [6, 6.07) is 3.69. The van der Waals surface area contributed by atoms with Crippen LogP contribution in [0.3, 0.4) is 0 Å². The van der Waals surface area contributed by atoms with Gasteiger partial charge in [-0.25, -0.2) is 9.50 Å². The highest BCUT2D eigenvalue weighted by atomic mass is 16.5. The van der Waals surface area contributed by atoms with Crippen molar-refractivity contribution in [1.29, 1.82) is 0 Å². The van der Waals surface area contributed by atoms with Gasteiger partial charge in [0.15, 0.2) is 11.5 Å². The fraction of sp³-hybridized carbons (Fsp3) is 0.533. The molecule has 22 heavy (non-hydrogen) atoms. The molecule has 3 heterocycles. The molecule has 0 saturated carbocycles. The van der Waals surface area contributed by atoms with E-state index in [4.69, 9.17) is 9.47 Å². The predicted molar refractivity (Wildman–Crippen MR) is 80.9 cm³/mol. The van der Waals surface area contributed by atoms with Crippen LogP contribution in [0, 0.1) is 13.8 Å². The van der Waals surface area contributed by atoms with Crippen molar-refractivity contribution < 1.29 is 14.3 Å². The van der Waals surface area contributed by atoms with E-state index in [-0.39, 0.29) is 18.6 Å². The molecule has 1 amide bonds. The van der Waals surface area contributed by atoms with Gasteiger partial charge >= 0.3 is 0 Å². The SMILES string of the molecule is Cc1cc(C)n2nc(NC(=O)COCC3CCCO3)cc2n1. The second kappa shape index (κ2) is 6.41. The maximum atomic E-state index is 11.9. The molecule has 7 heteroatoms. The number of aromatic nitrogens is 3. The molecule has 0 radical (unpaired) electrons. The van der Waals surface area contributed by atoms with Gasteiger partial charge in [0.05, 0.1) is 12.7 Å². The average Bonchev–Trinajstić information content (AvgIpc) is 3.08. The van der Waals surface area contributed by atoms with E-state index >= 15 is 0 Å². The van der Waals surface area contributed by atoms with Gasteiger partial charge in [-0.2, -0.15) is 0 Å². The summed E-state index contributed by atoms with van der Waals surface area (Å²) >= 11 is 0. The Morgan fingerprint density at radius 3 is 3.14 bits per heavy atom. The van der Waals surface area contributed by atoms with E-state index in [2.05, 4.69) is 15.4 Å². The molecule has 1 aliphatic rings. The first-order valence-electron chi connectivity index (χ1n) is 7.45. The van der Waals surface area contributed by atoms with Crippen LogP contribution in [0.25, 0.3) is 5.65 Å². The number of amides is 1. The van der Waals surface area contributed by atoms with Crippen LogP contribution in [-0.2, 0) is 14.3 Å². The van der Waals surface area contributed by atoms with Gasteiger partial charge in [0.1, 0.15) is 6.61 Å². The van der Waals surface area contributed by atoms with Crippen molar-refractivity contribution in [3.63, 3.8) is 0 Å². The van der Waals surface area contributed by atoms with Gasteiger partial charge in [0.2, 0.25) is 0 Å². The summed E-state index contributed by atoms with van der Waals surface area (Å²) in [4.78, 5) is 16.2. The molecule has 7 nitrogen and oxygen atoms in total. The first kappa shape index (κ1) is 14.9. The van der Waals surface area contributed by atoms with Crippen molar-refractivity contribution in [3.05, 3.63) is 23.5 Å². The molecule has 118 valence electrons. The van der Waals surface area contributed by atoms with Crippen molar-refractivity contribution >= 4 is 17.4 Å². The van der Waals surface area contributed by atoms with E-state index in [1.807, 2.05) is 19.9 Å². The van der Waals surface area contributed by atoms with Crippen LogP contribution in [0.4, 0.5) is 5.82 Å². The molecule has 1 unspecified atom stereocenters. The predicted octanol–water partition coefficient (Wildman–Crippen LogP) is 1.48. The van der Waals surface area contributed by atoms with E-state index in [1.165, 1.54) is 0 Å². The number of hydrogen-bond acceptors (Lipinski definition) is 5. The third-order valence-corrected chi connectivity index (χ3v) is 3.56. The fourth-order valence-electron chi connectivity index (χ4n) is 2.59. The van der Waals surface area contributed by atoms with Crippen LogP contribution in [0.2, 0.25) is 0 Å². The van der Waals surface area contributed by atoms with E-state index in [9.17, 15) is 4.79 Å². The van der Waals surface area contributed by atoms with Crippen LogP contribution in [-0.4, -0.2) is 46.4 Å². The number of aryl methyl sites for hydroxylation is 2. The third-order valence-electron chi connectivity index (χ3n) is 3.56. The monoisotopic (exact) mass is 304 g/mol. The fourth-order valence-corrected chi connectivity index (χ4v) is 2.59. The molecule has 1 atom stereocenters. The van der Waals surface area contributed by atoms with E-state index in [0.717, 1.165) is 30.8 Å². The molecule has 0 aromatic carbocycles. The number of hydrogen-bond donors (Lipinski definition) is 1. The standard InChI is InChI=1S/C15H20N4O3/c1-10-6-11(2)19-14(16-10)7-13(18-19)17-15(20)9-21-8-12-4-3-5-22-12/h6-7,12H,3-5,8-9H2,1-2H3,(H,17,18,20). The van der Waals surface area contributed by atoms with Gasteiger partial charge in [0, 0.05) is 24.1 Å². The van der Waals surface area contributed by atoms with Crippen LogP contribution < -0.4 is 5.32 Å². The van der Waals surface area contributed by atoms with Crippen LogP contribution in [0.15, 0.2) is 12.1 Å². The van der Waals surface area contributed by atoms with Crippen molar-refractivity contribution in [1.82, 2.24) is 14.6 Å². The van der Waals surface area contributed by atoms with Crippen molar-refractivity contribution in [2.75, 3.05) is 25.1 Å². The quantitative estimate of drug-likeness (QED) is 0.905. The molecule has 2 aromatic heterocycles. The normalized spacial score (nSPS) is 18.0. The number of fused-ring (bicyclic) bond motifs is 1. The minimum atomic E-state index is -0.226. The second-order valence-electron chi connectivity index (χ2n) is 5.54. The molecule has 0 bridgehead atoms. The molecule has 3 rings (SSSR count). The highest BCUT2D eigenvalue weighted by molar-refractivity contribution is 5.91. The van der Waals surface area contributed by atoms with Gasteiger partial charge in [-0.05, 0) is 32.8 Å². The topological polar surface area (TPSA) is 77.8 Å². The maximum Gasteiger partial charge on any atom is 0.251 e. The largest absolute Gasteiger partial charge is 0.376 e. The minimum absolute atomic E-state index is 0.000823. The summed E-state index contributed by atoms with van der Waals surface area (Å²) < 4.78 is 12.5. The van der Waals surface area contributed by atoms with Crippen molar-refractivity contribution in [3.8, 4) is 0 Å². The highest BCUT2D eigenvalue weighted by Crippen LogP contribution is 2.13. The maximum absolute atomic E-state index is 11.9. The Morgan fingerprint density at radius 2 is 2.36 bits per heavy atom. The Balaban J connectivity index is 1.55. The zero-order valence-electron chi connectivity index (χ0n) is 12.8. The lowest BCUT2D eigenvalue weighted by atomic mass is 10.2. The lowest BCUT2D eigenvalue weighted by Crippen LogP contribution is -2.22. The summed E-state index contributed by atoms with van der Waals surface area (Å²) in [6.45, 7) is 5.12. The molecular weight excluding hydrogens is 284 g/mol. The summed E-state index contributed by atoms with van der Waals surface area (Å²) in [6.07, 6.45) is 2.18. The summed E-state index contributed by atoms with van der Waals surface area (Å²) in [5, 5.41) is 7.05. The summed E-state index contributed by atoms with van der Waals surface area (Å²) in [7, 11) is 0. The third kappa shape index (κ3) is 3.42. The van der Waals surface area contributed by atoms with Crippen LogP contribution in [0.1, 0.15) is 24.2 Å². The molecule has 1 fully saturated rings. The molecule has 1 aliphatic heterocycles. The van der Waals surface area contributed by atoms with Crippen LogP contribution >= 0.6 is 0 Å². The van der Waals surface area contributed by atoms with Gasteiger partial charge in [-0.15, -0.1) is 5.10 Å². The Hall–Kier alpha value is -1.99. The van der Waals surface area contributed by atoms with Gasteiger partial charge in [-0.1, -0.05) is 0 Å². The molecule has 1 N–H and O–H groups in total. The van der Waals surface area contributed by atoms with Crippen molar-refractivity contribution in [2.45, 2.75) is 32.8 Å². The second-order valence-corrected chi connectivity index (χ2v) is 5.54. The zero-order valence-corrected chi connectivity index (χ0v) is 12.8. The molecule has 0 aliphatic carbocycles. The molecule has 1 saturated heterocycles. The number of rotatable bonds is 5. The first-order chi connectivity index (χ1) is 10.6. The number of carbonyl (C=O) groups is 1. The Bertz CT molecular complexity index is 677. The van der Waals surface area contributed by atoms with Gasteiger partial charge in [-0.3, -0.25) is 4.79 Å². The van der Waals surface area contributed by atoms with Crippen molar-refractivity contribution in [2.24, 2.45) is 0 Å². The van der Waals surface area contributed by atoms with E-state index in [1.54, 1.807) is 10.6 Å². The molecule has 2 aromatic rings. The number of nitrogens with zero attached hydrogens (tertiary/aromatic N) is 3. The minimum Gasteiger partial charge on any atom is -0.376 e. The Morgan fingerprint density at radius 1 is 1.50 bits per heavy atom. The Kier molecular flexibility index (Phi) is 4.35. The zero-order chi connectivity index (χ0) is 15.5. The van der Waals surface area contributed by atoms with E-state index < -0.39 is 0 Å². The smallest absolute Gasteiger partial charge is 0.251 e. The Labute approximate surface area is 128 Å². The molecule has 0 spiro atoms. The number of ether oxygens (including phenoxy) is 2.